The van der Waals surface area contributed by atoms with Crippen LogP contribution in [0.3, 0.4) is 0 Å². The lowest BCUT2D eigenvalue weighted by atomic mass is 10.2. The Balaban J connectivity index is 1.70. The zero-order valence-electron chi connectivity index (χ0n) is 16.3. The number of aryl methyl sites for hydroxylation is 1. The van der Waals surface area contributed by atoms with Gasteiger partial charge in [0.2, 0.25) is 0 Å². The Morgan fingerprint density at radius 1 is 1.11 bits per heavy atom. The highest BCUT2D eigenvalue weighted by molar-refractivity contribution is 5.93. The number of nitrogens with one attached hydrogen (secondary N) is 1. The molecule has 3 aromatic rings. The van der Waals surface area contributed by atoms with Crippen LogP contribution in [0, 0.1) is 6.92 Å². The van der Waals surface area contributed by atoms with E-state index in [0.717, 1.165) is 34.7 Å². The van der Waals surface area contributed by atoms with Crippen molar-refractivity contribution in [2.75, 3.05) is 26.0 Å². The maximum atomic E-state index is 12.7. The molecule has 0 aliphatic carbocycles. The number of aromatic nitrogens is 2. The third-order valence-corrected chi connectivity index (χ3v) is 4.44. The van der Waals surface area contributed by atoms with Crippen LogP contribution >= 0.6 is 0 Å². The maximum Gasteiger partial charge on any atom is 0.272 e. The monoisotopic (exact) mass is 376 g/mol. The first-order chi connectivity index (χ1) is 13.6. The number of likely N-dealkylation sites (N-methyl/N-ethyl adjacent to an activating group) is 1. The highest BCUT2D eigenvalue weighted by Crippen LogP contribution is 2.28. The molecule has 0 spiro atoms. The van der Waals surface area contributed by atoms with Crippen molar-refractivity contribution < 1.29 is 9.53 Å². The molecule has 2 heterocycles. The van der Waals surface area contributed by atoms with Crippen LogP contribution in [0.4, 0.5) is 11.4 Å². The highest BCUT2D eigenvalue weighted by atomic mass is 16.5. The van der Waals surface area contributed by atoms with Gasteiger partial charge in [0.15, 0.2) is 0 Å². The molecule has 0 saturated carbocycles. The lowest BCUT2D eigenvalue weighted by Crippen LogP contribution is -2.29. The fourth-order valence-electron chi connectivity index (χ4n) is 2.84. The molecule has 6 heteroatoms. The van der Waals surface area contributed by atoms with Gasteiger partial charge in [-0.05, 0) is 60.9 Å². The summed E-state index contributed by atoms with van der Waals surface area (Å²) < 4.78 is 5.40. The van der Waals surface area contributed by atoms with Crippen LogP contribution in [0.5, 0.6) is 5.75 Å². The summed E-state index contributed by atoms with van der Waals surface area (Å²) in [5.41, 5.74) is 4.28. The van der Waals surface area contributed by atoms with Crippen LogP contribution < -0.4 is 10.1 Å². The molecule has 6 nitrogen and oxygen atoms in total. The quantitative estimate of drug-likeness (QED) is 0.678. The lowest BCUT2D eigenvalue weighted by molar-refractivity contribution is 0.0791. The predicted molar refractivity (Wildman–Crippen MR) is 110 cm³/mol. The molecule has 0 aliphatic heterocycles. The smallest absolute Gasteiger partial charge is 0.272 e. The van der Waals surface area contributed by atoms with Gasteiger partial charge >= 0.3 is 0 Å². The highest BCUT2D eigenvalue weighted by Gasteiger charge is 2.14. The number of nitrogens with zero attached hydrogens (tertiary/aromatic N) is 3. The first kappa shape index (κ1) is 19.4. The summed E-state index contributed by atoms with van der Waals surface area (Å²) in [6.45, 7) is 2.62. The van der Waals surface area contributed by atoms with E-state index in [1.165, 1.54) is 0 Å². The first-order valence-corrected chi connectivity index (χ1v) is 9.09. The number of pyridine rings is 2. The van der Waals surface area contributed by atoms with E-state index in [1.54, 1.807) is 43.7 Å². The van der Waals surface area contributed by atoms with Gasteiger partial charge in [-0.1, -0.05) is 6.07 Å². The van der Waals surface area contributed by atoms with Gasteiger partial charge in [-0.25, -0.2) is 0 Å². The molecular formula is C22H24N4O2. The van der Waals surface area contributed by atoms with Crippen LogP contribution in [0.2, 0.25) is 0 Å². The number of hydrogen-bond acceptors (Lipinski definition) is 5. The molecule has 0 radical (unpaired) electrons. The minimum atomic E-state index is -0.117. The Bertz CT molecular complexity index is 944. The van der Waals surface area contributed by atoms with Crippen LogP contribution in [0.1, 0.15) is 21.6 Å². The summed E-state index contributed by atoms with van der Waals surface area (Å²) in [7, 11) is 3.42. The fourth-order valence-corrected chi connectivity index (χ4v) is 2.84. The van der Waals surface area contributed by atoms with Crippen LogP contribution in [0.25, 0.3) is 0 Å². The van der Waals surface area contributed by atoms with Gasteiger partial charge in [0, 0.05) is 37.9 Å². The van der Waals surface area contributed by atoms with E-state index >= 15 is 0 Å². The van der Waals surface area contributed by atoms with Gasteiger partial charge in [0.1, 0.15) is 11.4 Å². The van der Waals surface area contributed by atoms with Gasteiger partial charge in [-0.15, -0.1) is 0 Å². The second-order valence-corrected chi connectivity index (χ2v) is 6.59. The molecule has 28 heavy (non-hydrogen) atoms. The van der Waals surface area contributed by atoms with Gasteiger partial charge in [-0.2, -0.15) is 0 Å². The number of benzene rings is 1. The summed E-state index contributed by atoms with van der Waals surface area (Å²) in [6.07, 6.45) is 5.92. The number of methoxy groups -OCH3 is 1. The summed E-state index contributed by atoms with van der Waals surface area (Å²) in [5.74, 6) is 0.624. The third-order valence-electron chi connectivity index (χ3n) is 4.44. The second-order valence-electron chi connectivity index (χ2n) is 6.59. The molecule has 0 fully saturated rings. The minimum absolute atomic E-state index is 0.117. The Labute approximate surface area is 165 Å². The number of ether oxygens (including phenoxy) is 1. The molecule has 1 N–H and O–H groups in total. The molecule has 1 amide bonds. The molecule has 0 saturated heterocycles. The molecule has 0 bridgehead atoms. The first-order valence-electron chi connectivity index (χ1n) is 9.09. The molecule has 0 unspecified atom stereocenters. The average Bonchev–Trinajstić information content (AvgIpc) is 2.72. The van der Waals surface area contributed by atoms with Crippen molar-refractivity contribution in [3.8, 4) is 5.75 Å². The van der Waals surface area contributed by atoms with Crippen molar-refractivity contribution in [3.05, 3.63) is 77.9 Å². The second kappa shape index (κ2) is 8.99. The number of carbonyl (C=O) groups excluding carboxylic acids is 1. The molecular weight excluding hydrogens is 352 g/mol. The van der Waals surface area contributed by atoms with Crippen LogP contribution in [-0.2, 0) is 6.42 Å². The largest absolute Gasteiger partial charge is 0.495 e. The van der Waals surface area contributed by atoms with E-state index < -0.39 is 0 Å². The average molecular weight is 376 g/mol. The number of hydrogen-bond donors (Lipinski definition) is 1. The normalized spacial score (nSPS) is 10.4. The third kappa shape index (κ3) is 4.85. The van der Waals surface area contributed by atoms with E-state index in [2.05, 4.69) is 15.3 Å². The number of anilines is 2. The number of amides is 1. The zero-order chi connectivity index (χ0) is 19.9. The Hall–Kier alpha value is -3.41. The van der Waals surface area contributed by atoms with E-state index in [1.807, 2.05) is 43.3 Å². The lowest BCUT2D eigenvalue weighted by Gasteiger charge is -2.17. The van der Waals surface area contributed by atoms with Crippen molar-refractivity contribution in [1.29, 1.82) is 0 Å². The number of carbonyl (C=O) groups is 1. The van der Waals surface area contributed by atoms with E-state index in [4.69, 9.17) is 4.74 Å². The van der Waals surface area contributed by atoms with Gasteiger partial charge in [0.05, 0.1) is 12.8 Å². The van der Waals surface area contributed by atoms with Crippen molar-refractivity contribution in [2.45, 2.75) is 13.3 Å². The van der Waals surface area contributed by atoms with Crippen molar-refractivity contribution in [2.24, 2.45) is 0 Å². The Kier molecular flexibility index (Phi) is 6.22. The molecule has 3 rings (SSSR count). The fraction of sp³-hybridized carbons (Fsp3) is 0.227. The minimum Gasteiger partial charge on any atom is -0.495 e. The maximum absolute atomic E-state index is 12.7. The molecule has 2 aromatic heterocycles. The summed E-state index contributed by atoms with van der Waals surface area (Å²) in [4.78, 5) is 22.7. The topological polar surface area (TPSA) is 67.3 Å². The van der Waals surface area contributed by atoms with Crippen molar-refractivity contribution >= 4 is 17.3 Å². The van der Waals surface area contributed by atoms with Gasteiger partial charge in [-0.3, -0.25) is 14.8 Å². The standard InChI is InChI=1S/C22H24N4O2/c1-16-4-5-21(28-3)19(14-16)25-18-8-12-24-20(15-18)22(27)26(2)13-9-17-6-10-23-11-7-17/h4-8,10-12,14-15H,9,13H2,1-3H3,(H,24,25). The van der Waals surface area contributed by atoms with Gasteiger partial charge in [0.25, 0.3) is 5.91 Å². The molecule has 144 valence electrons. The predicted octanol–water partition coefficient (Wildman–Crippen LogP) is 3.85. The van der Waals surface area contributed by atoms with E-state index in [-0.39, 0.29) is 5.91 Å². The van der Waals surface area contributed by atoms with Crippen molar-refractivity contribution in [3.63, 3.8) is 0 Å². The summed E-state index contributed by atoms with van der Waals surface area (Å²) in [5, 5.41) is 3.31. The van der Waals surface area contributed by atoms with Crippen LogP contribution in [-0.4, -0.2) is 41.5 Å². The van der Waals surface area contributed by atoms with Crippen LogP contribution in [0.15, 0.2) is 61.1 Å². The molecule has 0 aliphatic rings. The molecule has 1 aromatic carbocycles. The summed E-state index contributed by atoms with van der Waals surface area (Å²) in [6, 6.07) is 13.4. The summed E-state index contributed by atoms with van der Waals surface area (Å²) >= 11 is 0. The van der Waals surface area contributed by atoms with E-state index in [9.17, 15) is 4.79 Å². The SMILES string of the molecule is COc1ccc(C)cc1Nc1ccnc(C(=O)N(C)CCc2ccncc2)c1. The van der Waals surface area contributed by atoms with Gasteiger partial charge < -0.3 is 15.0 Å². The van der Waals surface area contributed by atoms with E-state index in [0.29, 0.717) is 12.2 Å². The number of rotatable bonds is 7. The molecule has 0 atom stereocenters. The van der Waals surface area contributed by atoms with Crippen molar-refractivity contribution in [1.82, 2.24) is 14.9 Å². The Morgan fingerprint density at radius 2 is 1.89 bits per heavy atom. The Morgan fingerprint density at radius 3 is 2.64 bits per heavy atom. The zero-order valence-corrected chi connectivity index (χ0v) is 16.3.